The maximum atomic E-state index is 14.7. The molecule has 1 aromatic carbocycles. The number of aromatic nitrogens is 2. The second-order valence-corrected chi connectivity index (χ2v) is 8.94. The highest BCUT2D eigenvalue weighted by atomic mass is 19.1. The van der Waals surface area contributed by atoms with Crippen LogP contribution in [-0.2, 0) is 14.3 Å². The fraction of sp³-hybridized carbons (Fsp3) is 0.560. The number of hydrogen-bond acceptors (Lipinski definition) is 10. The summed E-state index contributed by atoms with van der Waals surface area (Å²) in [4.78, 5) is 25.4. The van der Waals surface area contributed by atoms with Crippen LogP contribution in [0.5, 0.6) is 11.6 Å². The molecule has 0 atom stereocenters. The highest BCUT2D eigenvalue weighted by molar-refractivity contribution is 5.62. The summed E-state index contributed by atoms with van der Waals surface area (Å²) in [5, 5.41) is 4.57. The van der Waals surface area contributed by atoms with E-state index in [0.717, 1.165) is 0 Å². The minimum absolute atomic E-state index is 0.111. The first-order valence-corrected chi connectivity index (χ1v) is 12.1. The predicted molar refractivity (Wildman–Crippen MR) is 131 cm³/mol. The SMILES string of the molecule is Cc1c(Nc2ccc(OCCOC(C)C)cc2F)ncnc1OC1CCN(OC(=O)OC(C)C)CC1. The number of piperidine rings is 1. The number of carbonyl (C=O) groups is 1. The van der Waals surface area contributed by atoms with Crippen molar-refractivity contribution in [2.45, 2.75) is 65.8 Å². The molecule has 0 radical (unpaired) electrons. The van der Waals surface area contributed by atoms with Crippen molar-refractivity contribution < 1.29 is 33.0 Å². The van der Waals surface area contributed by atoms with E-state index in [9.17, 15) is 9.18 Å². The molecule has 1 saturated heterocycles. The fourth-order valence-electron chi connectivity index (χ4n) is 3.46. The molecule has 0 saturated carbocycles. The van der Waals surface area contributed by atoms with Gasteiger partial charge in [-0.3, -0.25) is 0 Å². The van der Waals surface area contributed by atoms with Gasteiger partial charge in [0.2, 0.25) is 5.88 Å². The van der Waals surface area contributed by atoms with E-state index in [1.54, 1.807) is 31.0 Å². The van der Waals surface area contributed by atoms with E-state index in [1.165, 1.54) is 12.4 Å². The van der Waals surface area contributed by atoms with Gasteiger partial charge in [0.05, 0.1) is 30.1 Å². The van der Waals surface area contributed by atoms with Crippen LogP contribution in [-0.4, -0.2) is 65.8 Å². The van der Waals surface area contributed by atoms with E-state index < -0.39 is 12.0 Å². The molecule has 0 unspecified atom stereocenters. The smallest absolute Gasteiger partial charge is 0.491 e. The summed E-state index contributed by atoms with van der Waals surface area (Å²) in [5.74, 6) is 0.800. The highest BCUT2D eigenvalue weighted by Gasteiger charge is 2.25. The van der Waals surface area contributed by atoms with Crippen molar-refractivity contribution in [3.05, 3.63) is 35.9 Å². The Kier molecular flexibility index (Phi) is 10.1. The van der Waals surface area contributed by atoms with Gasteiger partial charge in [-0.2, -0.15) is 0 Å². The molecule has 2 aromatic rings. The standard InChI is InChI=1S/C25H35FN4O6/c1-16(2)32-12-13-33-20-6-7-22(21(26)14-20)29-23-18(5)24(28-15-27-23)35-19-8-10-30(11-9-19)36-25(31)34-17(3)4/h6-7,14-17,19H,8-13H2,1-5H3,(H,27,28,29). The number of anilines is 2. The minimum atomic E-state index is -0.710. The minimum Gasteiger partial charge on any atom is -0.491 e. The van der Waals surface area contributed by atoms with Crippen LogP contribution >= 0.6 is 0 Å². The summed E-state index contributed by atoms with van der Waals surface area (Å²) in [5.41, 5.74) is 0.912. The van der Waals surface area contributed by atoms with Crippen LogP contribution < -0.4 is 14.8 Å². The second kappa shape index (κ2) is 13.2. The zero-order valence-electron chi connectivity index (χ0n) is 21.5. The van der Waals surface area contributed by atoms with Crippen molar-refractivity contribution in [1.29, 1.82) is 0 Å². The van der Waals surface area contributed by atoms with Crippen molar-refractivity contribution in [1.82, 2.24) is 15.0 Å². The van der Waals surface area contributed by atoms with Crippen LogP contribution in [0.2, 0.25) is 0 Å². The van der Waals surface area contributed by atoms with Crippen LogP contribution in [0.15, 0.2) is 24.5 Å². The summed E-state index contributed by atoms with van der Waals surface area (Å²) in [6.07, 6.45) is 1.70. The third-order valence-corrected chi connectivity index (χ3v) is 5.25. The molecule has 0 amide bonds. The Balaban J connectivity index is 1.53. The van der Waals surface area contributed by atoms with Gasteiger partial charge >= 0.3 is 6.16 Å². The number of hydroxylamine groups is 2. The Morgan fingerprint density at radius 3 is 2.56 bits per heavy atom. The normalized spacial score (nSPS) is 14.7. The first-order chi connectivity index (χ1) is 17.2. The molecule has 198 valence electrons. The van der Waals surface area contributed by atoms with Crippen LogP contribution in [0.3, 0.4) is 0 Å². The number of ether oxygens (including phenoxy) is 4. The fourth-order valence-corrected chi connectivity index (χ4v) is 3.46. The van der Waals surface area contributed by atoms with Crippen molar-refractivity contribution in [2.75, 3.05) is 31.6 Å². The van der Waals surface area contributed by atoms with E-state index in [2.05, 4.69) is 15.3 Å². The molecule has 0 spiro atoms. The topological polar surface area (TPSA) is 104 Å². The van der Waals surface area contributed by atoms with Crippen LogP contribution in [0.4, 0.5) is 20.7 Å². The molecule has 10 nitrogen and oxygen atoms in total. The Hall–Kier alpha value is -3.18. The number of hydrogen-bond donors (Lipinski definition) is 1. The van der Waals surface area contributed by atoms with E-state index in [4.69, 9.17) is 23.8 Å². The van der Waals surface area contributed by atoms with Gasteiger partial charge in [-0.05, 0) is 46.8 Å². The lowest BCUT2D eigenvalue weighted by atomic mass is 10.1. The average Bonchev–Trinajstić information content (AvgIpc) is 2.81. The molecular weight excluding hydrogens is 471 g/mol. The first kappa shape index (κ1) is 27.4. The van der Waals surface area contributed by atoms with Crippen LogP contribution in [0, 0.1) is 12.7 Å². The van der Waals surface area contributed by atoms with Crippen LogP contribution in [0.25, 0.3) is 0 Å². The van der Waals surface area contributed by atoms with E-state index >= 15 is 0 Å². The van der Waals surface area contributed by atoms with Crippen molar-refractivity contribution in [2.24, 2.45) is 0 Å². The maximum Gasteiger partial charge on any atom is 0.528 e. The average molecular weight is 507 g/mol. The monoisotopic (exact) mass is 506 g/mol. The molecule has 0 aliphatic carbocycles. The van der Waals surface area contributed by atoms with Crippen LogP contribution in [0.1, 0.15) is 46.1 Å². The molecule has 1 aromatic heterocycles. The summed E-state index contributed by atoms with van der Waals surface area (Å²) in [7, 11) is 0. The molecular formula is C25H35FN4O6. The van der Waals surface area contributed by atoms with Gasteiger partial charge in [-0.25, -0.2) is 19.2 Å². The quantitative estimate of drug-likeness (QED) is 0.338. The lowest BCUT2D eigenvalue weighted by molar-refractivity contribution is -0.151. The molecule has 36 heavy (non-hydrogen) atoms. The van der Waals surface area contributed by atoms with E-state index in [0.29, 0.717) is 62.2 Å². The van der Waals surface area contributed by atoms with Crippen molar-refractivity contribution in [3.8, 4) is 11.6 Å². The maximum absolute atomic E-state index is 14.7. The lowest BCUT2D eigenvalue weighted by Crippen LogP contribution is -2.40. The summed E-state index contributed by atoms with van der Waals surface area (Å²) in [6.45, 7) is 11.0. The molecule has 1 aliphatic rings. The molecule has 1 N–H and O–H groups in total. The van der Waals surface area contributed by atoms with Gasteiger partial charge < -0.3 is 29.1 Å². The van der Waals surface area contributed by atoms with Crippen molar-refractivity contribution in [3.63, 3.8) is 0 Å². The van der Waals surface area contributed by atoms with Gasteiger partial charge in [-0.15, -0.1) is 5.06 Å². The number of nitrogens with one attached hydrogen (secondary N) is 1. The number of carbonyl (C=O) groups excluding carboxylic acids is 1. The summed E-state index contributed by atoms with van der Waals surface area (Å²) in [6, 6.07) is 4.59. The Bertz CT molecular complexity index is 999. The third kappa shape index (κ3) is 8.49. The molecule has 1 aliphatic heterocycles. The second-order valence-electron chi connectivity index (χ2n) is 8.94. The highest BCUT2D eigenvalue weighted by Crippen LogP contribution is 2.29. The zero-order chi connectivity index (χ0) is 26.1. The molecule has 0 bridgehead atoms. The van der Waals surface area contributed by atoms with Gasteiger partial charge in [0.1, 0.15) is 36.4 Å². The number of rotatable bonds is 11. The number of halogens is 1. The molecule has 2 heterocycles. The van der Waals surface area contributed by atoms with Crippen molar-refractivity contribution >= 4 is 17.7 Å². The van der Waals surface area contributed by atoms with E-state index in [1.807, 2.05) is 20.8 Å². The number of benzene rings is 1. The Morgan fingerprint density at radius 2 is 1.89 bits per heavy atom. The first-order valence-electron chi connectivity index (χ1n) is 12.1. The lowest BCUT2D eigenvalue weighted by Gasteiger charge is -2.30. The molecule has 3 rings (SSSR count). The van der Waals surface area contributed by atoms with E-state index in [-0.39, 0.29) is 24.0 Å². The van der Waals surface area contributed by atoms with Gasteiger partial charge in [0.15, 0.2) is 0 Å². The summed E-state index contributed by atoms with van der Waals surface area (Å²) < 4.78 is 36.7. The van der Waals surface area contributed by atoms with Gasteiger partial charge in [0.25, 0.3) is 0 Å². The van der Waals surface area contributed by atoms with Gasteiger partial charge in [0, 0.05) is 32.0 Å². The third-order valence-electron chi connectivity index (χ3n) is 5.25. The molecule has 11 heteroatoms. The largest absolute Gasteiger partial charge is 0.528 e. The summed E-state index contributed by atoms with van der Waals surface area (Å²) >= 11 is 0. The Morgan fingerprint density at radius 1 is 1.14 bits per heavy atom. The molecule has 1 fully saturated rings. The Labute approximate surface area is 211 Å². The predicted octanol–water partition coefficient (Wildman–Crippen LogP) is 4.79. The van der Waals surface area contributed by atoms with Gasteiger partial charge in [-0.1, -0.05) is 0 Å². The number of nitrogens with zero attached hydrogens (tertiary/aromatic N) is 3. The zero-order valence-corrected chi connectivity index (χ0v) is 21.5.